The average Bonchev–Trinajstić information content (AvgIpc) is 2.33. The summed E-state index contributed by atoms with van der Waals surface area (Å²) in [5, 5.41) is 2.95. The van der Waals surface area contributed by atoms with Gasteiger partial charge in [0.2, 0.25) is 0 Å². The molecule has 0 amide bonds. The van der Waals surface area contributed by atoms with Crippen LogP contribution in [0.5, 0.6) is 0 Å². The molecule has 0 fully saturated rings. The van der Waals surface area contributed by atoms with E-state index in [4.69, 9.17) is 0 Å². The van der Waals surface area contributed by atoms with Crippen LogP contribution in [-0.4, -0.2) is 7.05 Å². The Hall–Kier alpha value is -1.19. The normalized spacial score (nSPS) is 10.5. The molecule has 0 saturated heterocycles. The van der Waals surface area contributed by atoms with Crippen LogP contribution in [0.15, 0.2) is 46.9 Å². The SMILES string of the molecule is CNCc1ccc(-c2ccccc2Br)cc1F. The molecule has 0 radical (unpaired) electrons. The maximum absolute atomic E-state index is 13.8. The van der Waals surface area contributed by atoms with E-state index in [1.165, 1.54) is 0 Å². The van der Waals surface area contributed by atoms with Crippen molar-refractivity contribution in [1.29, 1.82) is 0 Å². The quantitative estimate of drug-likeness (QED) is 0.903. The van der Waals surface area contributed by atoms with Crippen molar-refractivity contribution in [3.05, 3.63) is 58.3 Å². The van der Waals surface area contributed by atoms with Crippen LogP contribution in [-0.2, 0) is 6.54 Å². The third-order valence-corrected chi connectivity index (χ3v) is 3.30. The molecule has 0 bridgehead atoms. The van der Waals surface area contributed by atoms with Crippen molar-refractivity contribution < 1.29 is 4.39 Å². The second-order valence-corrected chi connectivity index (χ2v) is 4.67. The summed E-state index contributed by atoms with van der Waals surface area (Å²) in [6.07, 6.45) is 0. The minimum absolute atomic E-state index is 0.174. The first kappa shape index (κ1) is 12.3. The van der Waals surface area contributed by atoms with Crippen LogP contribution in [0, 0.1) is 5.82 Å². The average molecular weight is 294 g/mol. The predicted molar refractivity (Wildman–Crippen MR) is 72.3 cm³/mol. The second-order valence-electron chi connectivity index (χ2n) is 3.82. The molecule has 1 N–H and O–H groups in total. The molecule has 0 atom stereocenters. The molecule has 0 heterocycles. The molecule has 0 aromatic heterocycles. The van der Waals surface area contributed by atoms with E-state index >= 15 is 0 Å². The number of nitrogens with one attached hydrogen (secondary N) is 1. The summed E-state index contributed by atoms with van der Waals surface area (Å²) in [7, 11) is 1.81. The highest BCUT2D eigenvalue weighted by atomic mass is 79.9. The molecule has 0 aliphatic rings. The van der Waals surface area contributed by atoms with Gasteiger partial charge in [-0.3, -0.25) is 0 Å². The fraction of sp³-hybridized carbons (Fsp3) is 0.143. The van der Waals surface area contributed by atoms with Crippen molar-refractivity contribution in [3.63, 3.8) is 0 Å². The van der Waals surface area contributed by atoms with E-state index < -0.39 is 0 Å². The summed E-state index contributed by atoms with van der Waals surface area (Å²) in [5.74, 6) is -0.174. The Labute approximate surface area is 109 Å². The van der Waals surface area contributed by atoms with Crippen molar-refractivity contribution in [2.45, 2.75) is 6.54 Å². The van der Waals surface area contributed by atoms with Crippen LogP contribution in [0.4, 0.5) is 4.39 Å². The topological polar surface area (TPSA) is 12.0 Å². The first-order valence-corrected chi connectivity index (χ1v) is 6.19. The Kier molecular flexibility index (Phi) is 3.92. The van der Waals surface area contributed by atoms with Gasteiger partial charge in [0.1, 0.15) is 5.82 Å². The lowest BCUT2D eigenvalue weighted by atomic mass is 10.0. The smallest absolute Gasteiger partial charge is 0.128 e. The predicted octanol–water partition coefficient (Wildman–Crippen LogP) is 3.97. The Morgan fingerprint density at radius 2 is 1.94 bits per heavy atom. The Morgan fingerprint density at radius 3 is 2.59 bits per heavy atom. The number of rotatable bonds is 3. The molecule has 0 aliphatic heterocycles. The van der Waals surface area contributed by atoms with Gasteiger partial charge in [0.25, 0.3) is 0 Å². The van der Waals surface area contributed by atoms with E-state index in [1.54, 1.807) is 13.1 Å². The van der Waals surface area contributed by atoms with Gasteiger partial charge >= 0.3 is 0 Å². The largest absolute Gasteiger partial charge is 0.316 e. The molecule has 17 heavy (non-hydrogen) atoms. The molecule has 2 rings (SSSR count). The van der Waals surface area contributed by atoms with Gasteiger partial charge < -0.3 is 5.32 Å². The van der Waals surface area contributed by atoms with E-state index in [0.29, 0.717) is 12.1 Å². The van der Waals surface area contributed by atoms with Crippen molar-refractivity contribution in [1.82, 2.24) is 5.32 Å². The molecule has 3 heteroatoms. The van der Waals surface area contributed by atoms with E-state index in [0.717, 1.165) is 15.6 Å². The lowest BCUT2D eigenvalue weighted by Crippen LogP contribution is -2.06. The summed E-state index contributed by atoms with van der Waals surface area (Å²) < 4.78 is 14.8. The van der Waals surface area contributed by atoms with Gasteiger partial charge in [-0.15, -0.1) is 0 Å². The maximum atomic E-state index is 13.8. The van der Waals surface area contributed by atoms with Crippen LogP contribution in [0.25, 0.3) is 11.1 Å². The van der Waals surface area contributed by atoms with E-state index in [1.807, 2.05) is 36.4 Å². The highest BCUT2D eigenvalue weighted by Gasteiger charge is 2.06. The first-order valence-electron chi connectivity index (χ1n) is 5.40. The van der Waals surface area contributed by atoms with Gasteiger partial charge in [0.05, 0.1) is 0 Å². The van der Waals surface area contributed by atoms with Gasteiger partial charge in [-0.2, -0.15) is 0 Å². The Bertz CT molecular complexity index is 525. The van der Waals surface area contributed by atoms with E-state index in [9.17, 15) is 4.39 Å². The molecule has 88 valence electrons. The summed E-state index contributed by atoms with van der Waals surface area (Å²) in [4.78, 5) is 0. The highest BCUT2D eigenvalue weighted by molar-refractivity contribution is 9.10. The Morgan fingerprint density at radius 1 is 1.18 bits per heavy atom. The van der Waals surface area contributed by atoms with Crippen LogP contribution in [0.2, 0.25) is 0 Å². The third-order valence-electron chi connectivity index (χ3n) is 2.61. The van der Waals surface area contributed by atoms with Crippen molar-refractivity contribution in [2.75, 3.05) is 7.05 Å². The molecule has 2 aromatic carbocycles. The standard InChI is InChI=1S/C14H13BrFN/c1-17-9-11-7-6-10(8-14(11)16)12-4-2-3-5-13(12)15/h2-8,17H,9H2,1H3. The van der Waals surface area contributed by atoms with Crippen molar-refractivity contribution in [2.24, 2.45) is 0 Å². The lowest BCUT2D eigenvalue weighted by molar-refractivity contribution is 0.601. The van der Waals surface area contributed by atoms with Gasteiger partial charge in [0.15, 0.2) is 0 Å². The van der Waals surface area contributed by atoms with Gasteiger partial charge in [0, 0.05) is 16.6 Å². The minimum atomic E-state index is -0.174. The van der Waals surface area contributed by atoms with Gasteiger partial charge in [-0.1, -0.05) is 46.3 Å². The van der Waals surface area contributed by atoms with Gasteiger partial charge in [-0.05, 0) is 30.3 Å². The van der Waals surface area contributed by atoms with Gasteiger partial charge in [-0.25, -0.2) is 4.39 Å². The van der Waals surface area contributed by atoms with Crippen LogP contribution < -0.4 is 5.32 Å². The summed E-state index contributed by atoms with van der Waals surface area (Å²) in [6.45, 7) is 0.544. The third kappa shape index (κ3) is 2.73. The first-order chi connectivity index (χ1) is 8.22. The van der Waals surface area contributed by atoms with Crippen molar-refractivity contribution >= 4 is 15.9 Å². The monoisotopic (exact) mass is 293 g/mol. The minimum Gasteiger partial charge on any atom is -0.316 e. The number of benzene rings is 2. The van der Waals surface area contributed by atoms with Crippen LogP contribution in [0.1, 0.15) is 5.56 Å². The summed E-state index contributed by atoms with van der Waals surface area (Å²) in [5.41, 5.74) is 2.57. The maximum Gasteiger partial charge on any atom is 0.128 e. The molecule has 0 unspecified atom stereocenters. The van der Waals surface area contributed by atoms with E-state index in [2.05, 4.69) is 21.2 Å². The molecular weight excluding hydrogens is 281 g/mol. The molecule has 0 spiro atoms. The summed E-state index contributed by atoms with van der Waals surface area (Å²) in [6, 6.07) is 13.1. The lowest BCUT2D eigenvalue weighted by Gasteiger charge is -2.07. The van der Waals surface area contributed by atoms with E-state index in [-0.39, 0.29) is 5.82 Å². The zero-order chi connectivity index (χ0) is 12.3. The van der Waals surface area contributed by atoms with Crippen LogP contribution >= 0.6 is 15.9 Å². The number of hydrogen-bond acceptors (Lipinski definition) is 1. The summed E-state index contributed by atoms with van der Waals surface area (Å²) >= 11 is 3.47. The fourth-order valence-electron chi connectivity index (χ4n) is 1.74. The molecule has 2 aromatic rings. The number of hydrogen-bond donors (Lipinski definition) is 1. The Balaban J connectivity index is 2.41. The molecular formula is C14H13BrFN. The molecule has 0 aliphatic carbocycles. The van der Waals surface area contributed by atoms with Crippen LogP contribution in [0.3, 0.4) is 0 Å². The zero-order valence-electron chi connectivity index (χ0n) is 9.50. The van der Waals surface area contributed by atoms with Crippen molar-refractivity contribution in [3.8, 4) is 11.1 Å². The zero-order valence-corrected chi connectivity index (χ0v) is 11.1. The fourth-order valence-corrected chi connectivity index (χ4v) is 2.26. The highest BCUT2D eigenvalue weighted by Crippen LogP contribution is 2.28. The molecule has 1 nitrogen and oxygen atoms in total. The number of halogens is 2. The second kappa shape index (κ2) is 5.43. The molecule has 0 saturated carbocycles.